The number of piperidine rings is 1. The van der Waals surface area contributed by atoms with Crippen molar-refractivity contribution >= 4 is 22.5 Å². The molecular weight excluding hydrogens is 350 g/mol. The summed E-state index contributed by atoms with van der Waals surface area (Å²) in [5, 5.41) is 14.5. The average Bonchev–Trinajstić information content (AvgIpc) is 2.77. The first kappa shape index (κ1) is 17.9. The highest BCUT2D eigenvalue weighted by molar-refractivity contribution is 5.98. The molecule has 4 rings (SSSR count). The van der Waals surface area contributed by atoms with Gasteiger partial charge >= 0.3 is 0 Å². The number of anilines is 1. The molecule has 0 unspecified atom stereocenters. The monoisotopic (exact) mass is 371 g/mol. The van der Waals surface area contributed by atoms with E-state index in [9.17, 15) is 10.1 Å². The Balaban J connectivity index is 1.32. The third-order valence-corrected chi connectivity index (χ3v) is 5.26. The van der Waals surface area contributed by atoms with E-state index in [0.29, 0.717) is 29.5 Å². The third-order valence-electron chi connectivity index (χ3n) is 5.26. The molecule has 0 aliphatic carbocycles. The lowest BCUT2D eigenvalue weighted by molar-refractivity contribution is 0.0945. The van der Waals surface area contributed by atoms with Crippen molar-refractivity contribution < 1.29 is 4.79 Å². The predicted molar refractivity (Wildman–Crippen MR) is 108 cm³/mol. The van der Waals surface area contributed by atoms with E-state index < -0.39 is 0 Å². The lowest BCUT2D eigenvalue weighted by Crippen LogP contribution is -2.39. The van der Waals surface area contributed by atoms with Crippen molar-refractivity contribution in [3.8, 4) is 6.07 Å². The minimum atomic E-state index is -0.0334. The van der Waals surface area contributed by atoms with E-state index in [2.05, 4.69) is 26.3 Å². The van der Waals surface area contributed by atoms with Crippen LogP contribution < -0.4 is 10.2 Å². The molecule has 1 N–H and O–H groups in total. The lowest BCUT2D eigenvalue weighted by atomic mass is 9.96. The van der Waals surface area contributed by atoms with Crippen LogP contribution in [0.25, 0.3) is 10.8 Å². The fourth-order valence-corrected chi connectivity index (χ4v) is 3.66. The van der Waals surface area contributed by atoms with Crippen LogP contribution in [-0.2, 0) is 0 Å². The summed E-state index contributed by atoms with van der Waals surface area (Å²) in [6.07, 6.45) is 5.04. The number of nitriles is 1. The Labute approximate surface area is 163 Å². The van der Waals surface area contributed by atoms with Crippen molar-refractivity contribution in [2.24, 2.45) is 5.92 Å². The molecule has 1 aliphatic rings. The standard InChI is InChI=1S/C22H21N5O/c23-14-20-21(25-10-9-24-20)27-11-7-16(8-12-27)15-26-22(28)19-6-5-17-3-1-2-4-18(17)13-19/h1-6,9-10,13,16H,7-8,11-12,15H2,(H,26,28). The van der Waals surface area contributed by atoms with Gasteiger partial charge in [0.2, 0.25) is 0 Å². The molecule has 6 heteroatoms. The Kier molecular flexibility index (Phi) is 5.16. The quantitative estimate of drug-likeness (QED) is 0.762. The Hall–Kier alpha value is -3.46. The number of hydrogen-bond acceptors (Lipinski definition) is 5. The molecule has 1 amide bonds. The molecule has 1 aromatic heterocycles. The topological polar surface area (TPSA) is 81.9 Å². The van der Waals surface area contributed by atoms with Crippen LogP contribution in [0.15, 0.2) is 54.9 Å². The van der Waals surface area contributed by atoms with E-state index in [0.717, 1.165) is 36.7 Å². The normalized spacial score (nSPS) is 14.6. The number of nitrogens with one attached hydrogen (secondary N) is 1. The van der Waals surface area contributed by atoms with Gasteiger partial charge in [-0.2, -0.15) is 5.26 Å². The van der Waals surface area contributed by atoms with Gasteiger partial charge in [-0.05, 0) is 41.7 Å². The maximum absolute atomic E-state index is 12.5. The molecule has 0 atom stereocenters. The molecular formula is C22H21N5O. The van der Waals surface area contributed by atoms with E-state index in [1.807, 2.05) is 42.5 Å². The number of amides is 1. The molecule has 6 nitrogen and oxygen atoms in total. The van der Waals surface area contributed by atoms with Gasteiger partial charge in [0.15, 0.2) is 11.5 Å². The van der Waals surface area contributed by atoms with Gasteiger partial charge in [0, 0.05) is 37.6 Å². The first-order chi connectivity index (χ1) is 13.7. The number of benzene rings is 2. The van der Waals surface area contributed by atoms with Crippen LogP contribution in [0, 0.1) is 17.2 Å². The lowest BCUT2D eigenvalue weighted by Gasteiger charge is -2.32. The minimum Gasteiger partial charge on any atom is -0.354 e. The summed E-state index contributed by atoms with van der Waals surface area (Å²) in [6, 6.07) is 15.9. The summed E-state index contributed by atoms with van der Waals surface area (Å²) in [5.74, 6) is 1.04. The first-order valence-electron chi connectivity index (χ1n) is 9.47. The fraction of sp³-hybridized carbons (Fsp3) is 0.273. The van der Waals surface area contributed by atoms with E-state index in [1.54, 1.807) is 6.20 Å². The molecule has 2 heterocycles. The van der Waals surface area contributed by atoms with Crippen LogP contribution in [-0.4, -0.2) is 35.5 Å². The smallest absolute Gasteiger partial charge is 0.251 e. The minimum absolute atomic E-state index is 0.0334. The van der Waals surface area contributed by atoms with E-state index in [4.69, 9.17) is 0 Å². The van der Waals surface area contributed by atoms with Gasteiger partial charge in [0.1, 0.15) is 6.07 Å². The van der Waals surface area contributed by atoms with Crippen molar-refractivity contribution in [1.82, 2.24) is 15.3 Å². The Morgan fingerprint density at radius 3 is 2.64 bits per heavy atom. The van der Waals surface area contributed by atoms with Crippen LogP contribution >= 0.6 is 0 Å². The molecule has 140 valence electrons. The highest BCUT2D eigenvalue weighted by Gasteiger charge is 2.23. The molecule has 0 radical (unpaired) electrons. The second-order valence-corrected chi connectivity index (χ2v) is 7.04. The SMILES string of the molecule is N#Cc1nccnc1N1CCC(CNC(=O)c2ccc3ccccc3c2)CC1. The van der Waals surface area contributed by atoms with Crippen LogP contribution in [0.4, 0.5) is 5.82 Å². The highest BCUT2D eigenvalue weighted by Crippen LogP contribution is 2.23. The maximum Gasteiger partial charge on any atom is 0.251 e. The van der Waals surface area contributed by atoms with Gasteiger partial charge in [0.05, 0.1) is 0 Å². The molecule has 0 saturated carbocycles. The van der Waals surface area contributed by atoms with Gasteiger partial charge in [0.25, 0.3) is 5.91 Å². The Bertz CT molecular complexity index is 1030. The van der Waals surface area contributed by atoms with Gasteiger partial charge < -0.3 is 10.2 Å². The molecule has 2 aromatic carbocycles. The highest BCUT2D eigenvalue weighted by atomic mass is 16.1. The fourth-order valence-electron chi connectivity index (χ4n) is 3.66. The largest absolute Gasteiger partial charge is 0.354 e. The first-order valence-corrected chi connectivity index (χ1v) is 9.47. The number of rotatable bonds is 4. The average molecular weight is 371 g/mol. The van der Waals surface area contributed by atoms with E-state index in [1.165, 1.54) is 6.20 Å². The van der Waals surface area contributed by atoms with Crippen LogP contribution in [0.1, 0.15) is 28.9 Å². The molecule has 1 aliphatic heterocycles. The molecule has 1 fully saturated rings. The predicted octanol–water partition coefficient (Wildman–Crippen LogP) is 3.15. The number of aromatic nitrogens is 2. The van der Waals surface area contributed by atoms with E-state index >= 15 is 0 Å². The molecule has 28 heavy (non-hydrogen) atoms. The van der Waals surface area contributed by atoms with Crippen LogP contribution in [0.3, 0.4) is 0 Å². The third kappa shape index (κ3) is 3.79. The summed E-state index contributed by atoms with van der Waals surface area (Å²) in [4.78, 5) is 23.0. The summed E-state index contributed by atoms with van der Waals surface area (Å²) >= 11 is 0. The summed E-state index contributed by atoms with van der Waals surface area (Å²) in [7, 11) is 0. The molecule has 3 aromatic rings. The number of hydrogen-bond donors (Lipinski definition) is 1. The van der Waals surface area contributed by atoms with Crippen molar-refractivity contribution in [3.63, 3.8) is 0 Å². The summed E-state index contributed by atoms with van der Waals surface area (Å²) < 4.78 is 0. The van der Waals surface area contributed by atoms with Gasteiger partial charge in [-0.25, -0.2) is 9.97 Å². The number of nitrogens with zero attached hydrogens (tertiary/aromatic N) is 4. The molecule has 0 spiro atoms. The van der Waals surface area contributed by atoms with Crippen molar-refractivity contribution in [1.29, 1.82) is 5.26 Å². The molecule has 1 saturated heterocycles. The Morgan fingerprint density at radius 2 is 1.86 bits per heavy atom. The Morgan fingerprint density at radius 1 is 1.11 bits per heavy atom. The van der Waals surface area contributed by atoms with E-state index in [-0.39, 0.29) is 5.91 Å². The summed E-state index contributed by atoms with van der Waals surface area (Å²) in [5.41, 5.74) is 1.06. The van der Waals surface area contributed by atoms with Crippen LogP contribution in [0.2, 0.25) is 0 Å². The zero-order chi connectivity index (χ0) is 19.3. The van der Waals surface area contributed by atoms with Crippen molar-refractivity contribution in [2.75, 3.05) is 24.5 Å². The van der Waals surface area contributed by atoms with Gasteiger partial charge in [-0.15, -0.1) is 0 Å². The number of carbonyl (C=O) groups is 1. The summed E-state index contributed by atoms with van der Waals surface area (Å²) in [6.45, 7) is 2.28. The zero-order valence-electron chi connectivity index (χ0n) is 15.5. The van der Waals surface area contributed by atoms with Crippen LogP contribution in [0.5, 0.6) is 0 Å². The maximum atomic E-state index is 12.5. The van der Waals surface area contributed by atoms with Crippen molar-refractivity contribution in [3.05, 3.63) is 66.1 Å². The molecule has 0 bridgehead atoms. The van der Waals surface area contributed by atoms with Gasteiger partial charge in [-0.1, -0.05) is 30.3 Å². The zero-order valence-corrected chi connectivity index (χ0v) is 15.5. The van der Waals surface area contributed by atoms with Crippen molar-refractivity contribution in [2.45, 2.75) is 12.8 Å². The number of fused-ring (bicyclic) bond motifs is 1. The van der Waals surface area contributed by atoms with Gasteiger partial charge in [-0.3, -0.25) is 4.79 Å². The number of carbonyl (C=O) groups excluding carboxylic acids is 1. The second-order valence-electron chi connectivity index (χ2n) is 7.04. The second kappa shape index (κ2) is 8.05.